The SMILES string of the molecule is Cn1c(SCC(C)(C)N)nc2cc3c(cc21)CCCC3. The van der Waals surface area contributed by atoms with E-state index in [0.717, 1.165) is 16.4 Å². The van der Waals surface area contributed by atoms with Crippen molar-refractivity contribution in [1.29, 1.82) is 0 Å². The molecule has 0 atom stereocenters. The Labute approximate surface area is 124 Å². The fraction of sp³-hybridized carbons (Fsp3) is 0.562. The van der Waals surface area contributed by atoms with Crippen LogP contribution in [0.25, 0.3) is 11.0 Å². The van der Waals surface area contributed by atoms with Gasteiger partial charge in [0.1, 0.15) is 0 Å². The van der Waals surface area contributed by atoms with Crippen molar-refractivity contribution < 1.29 is 0 Å². The summed E-state index contributed by atoms with van der Waals surface area (Å²) in [5.41, 5.74) is 11.3. The standard InChI is InChI=1S/C16H23N3S/c1-16(2,17)10-20-15-18-13-8-11-6-4-5-7-12(11)9-14(13)19(15)3/h8-9H,4-7,10,17H2,1-3H3. The molecular weight excluding hydrogens is 266 g/mol. The lowest BCUT2D eigenvalue weighted by Crippen LogP contribution is -2.34. The van der Waals surface area contributed by atoms with Crippen molar-refractivity contribution in [2.75, 3.05) is 5.75 Å². The summed E-state index contributed by atoms with van der Waals surface area (Å²) in [5.74, 6) is 0.879. The van der Waals surface area contributed by atoms with Gasteiger partial charge in [-0.05, 0) is 62.8 Å². The smallest absolute Gasteiger partial charge is 0.168 e. The second-order valence-electron chi connectivity index (χ2n) is 6.55. The van der Waals surface area contributed by atoms with Crippen molar-refractivity contribution in [3.8, 4) is 0 Å². The molecule has 1 aliphatic carbocycles. The number of fused-ring (bicyclic) bond motifs is 2. The number of hydrogen-bond acceptors (Lipinski definition) is 3. The van der Waals surface area contributed by atoms with Crippen LogP contribution in [-0.4, -0.2) is 20.8 Å². The molecule has 1 heterocycles. The molecular formula is C16H23N3S. The second-order valence-corrected chi connectivity index (χ2v) is 7.49. The monoisotopic (exact) mass is 289 g/mol. The van der Waals surface area contributed by atoms with Gasteiger partial charge in [-0.2, -0.15) is 0 Å². The van der Waals surface area contributed by atoms with Crippen molar-refractivity contribution in [2.45, 2.75) is 50.2 Å². The Morgan fingerprint density at radius 2 is 1.90 bits per heavy atom. The summed E-state index contributed by atoms with van der Waals surface area (Å²) in [6.45, 7) is 4.11. The Kier molecular flexibility index (Phi) is 3.55. The van der Waals surface area contributed by atoms with Crippen LogP contribution in [0.2, 0.25) is 0 Å². The van der Waals surface area contributed by atoms with Gasteiger partial charge in [0.25, 0.3) is 0 Å². The molecule has 0 bridgehead atoms. The van der Waals surface area contributed by atoms with Crippen LogP contribution in [0.15, 0.2) is 17.3 Å². The summed E-state index contributed by atoms with van der Waals surface area (Å²) >= 11 is 1.75. The van der Waals surface area contributed by atoms with E-state index in [1.54, 1.807) is 11.8 Å². The first kappa shape index (κ1) is 14.0. The van der Waals surface area contributed by atoms with Crippen molar-refractivity contribution >= 4 is 22.8 Å². The minimum Gasteiger partial charge on any atom is -0.325 e. The fourth-order valence-corrected chi connectivity index (χ4v) is 3.73. The van der Waals surface area contributed by atoms with Crippen LogP contribution < -0.4 is 5.73 Å². The molecule has 0 fully saturated rings. The number of nitrogens with two attached hydrogens (primary N) is 1. The molecule has 0 saturated carbocycles. The summed E-state index contributed by atoms with van der Waals surface area (Å²) in [6.07, 6.45) is 5.06. The maximum Gasteiger partial charge on any atom is 0.168 e. The highest BCUT2D eigenvalue weighted by Gasteiger charge is 2.17. The minimum atomic E-state index is -0.165. The van der Waals surface area contributed by atoms with E-state index in [1.165, 1.54) is 42.3 Å². The van der Waals surface area contributed by atoms with Gasteiger partial charge in [0.2, 0.25) is 0 Å². The zero-order valence-corrected chi connectivity index (χ0v) is 13.4. The van der Waals surface area contributed by atoms with Crippen LogP contribution in [0.5, 0.6) is 0 Å². The molecule has 0 amide bonds. The predicted molar refractivity (Wildman–Crippen MR) is 86.3 cm³/mol. The summed E-state index contributed by atoms with van der Waals surface area (Å²) in [5, 5.41) is 1.07. The Morgan fingerprint density at radius 1 is 1.25 bits per heavy atom. The van der Waals surface area contributed by atoms with Crippen molar-refractivity contribution in [3.05, 3.63) is 23.3 Å². The van der Waals surface area contributed by atoms with Gasteiger partial charge in [0, 0.05) is 18.3 Å². The molecule has 0 radical (unpaired) electrons. The van der Waals surface area contributed by atoms with Gasteiger partial charge in [-0.1, -0.05) is 11.8 Å². The van der Waals surface area contributed by atoms with Crippen LogP contribution in [0.1, 0.15) is 37.8 Å². The molecule has 1 aromatic heterocycles. The van der Waals surface area contributed by atoms with E-state index in [2.05, 4.69) is 37.6 Å². The first-order valence-corrected chi connectivity index (χ1v) is 8.32. The predicted octanol–water partition coefficient (Wildman–Crippen LogP) is 3.28. The van der Waals surface area contributed by atoms with Crippen molar-refractivity contribution in [2.24, 2.45) is 12.8 Å². The van der Waals surface area contributed by atoms with Gasteiger partial charge < -0.3 is 10.3 Å². The number of aryl methyl sites for hydroxylation is 3. The normalized spacial score (nSPS) is 15.6. The van der Waals surface area contributed by atoms with Gasteiger partial charge in [0.15, 0.2) is 5.16 Å². The average Bonchev–Trinajstić information content (AvgIpc) is 2.70. The molecule has 3 rings (SSSR count). The lowest BCUT2D eigenvalue weighted by atomic mass is 9.91. The Bertz CT molecular complexity index is 637. The highest BCUT2D eigenvalue weighted by molar-refractivity contribution is 7.99. The molecule has 1 aliphatic rings. The zero-order chi connectivity index (χ0) is 14.3. The first-order valence-electron chi connectivity index (χ1n) is 7.34. The van der Waals surface area contributed by atoms with Crippen LogP contribution in [0, 0.1) is 0 Å². The molecule has 2 aromatic rings. The third-order valence-electron chi connectivity index (χ3n) is 3.88. The van der Waals surface area contributed by atoms with E-state index in [0.29, 0.717) is 0 Å². The number of rotatable bonds is 3. The largest absolute Gasteiger partial charge is 0.325 e. The van der Waals surface area contributed by atoms with Gasteiger partial charge in [-0.25, -0.2) is 4.98 Å². The third-order valence-corrected chi connectivity index (χ3v) is 5.39. The van der Waals surface area contributed by atoms with Crippen LogP contribution in [0.3, 0.4) is 0 Å². The number of hydrogen-bond donors (Lipinski definition) is 1. The number of imidazole rings is 1. The molecule has 4 heteroatoms. The zero-order valence-electron chi connectivity index (χ0n) is 12.6. The Morgan fingerprint density at radius 3 is 2.55 bits per heavy atom. The Hall–Kier alpha value is -1.00. The molecule has 0 saturated heterocycles. The molecule has 1 aromatic carbocycles. The molecule has 20 heavy (non-hydrogen) atoms. The molecule has 0 aliphatic heterocycles. The fourth-order valence-electron chi connectivity index (χ4n) is 2.78. The van der Waals surface area contributed by atoms with Crippen LogP contribution >= 0.6 is 11.8 Å². The average molecular weight is 289 g/mol. The molecule has 0 spiro atoms. The molecule has 2 N–H and O–H groups in total. The summed E-state index contributed by atoms with van der Waals surface area (Å²) in [7, 11) is 2.11. The van der Waals surface area contributed by atoms with Crippen LogP contribution in [-0.2, 0) is 19.9 Å². The van der Waals surface area contributed by atoms with E-state index >= 15 is 0 Å². The second kappa shape index (κ2) is 5.08. The quantitative estimate of drug-likeness (QED) is 0.882. The highest BCUT2D eigenvalue weighted by atomic mass is 32.2. The topological polar surface area (TPSA) is 43.8 Å². The summed E-state index contributed by atoms with van der Waals surface area (Å²) in [6, 6.07) is 4.63. The van der Waals surface area contributed by atoms with Crippen molar-refractivity contribution in [1.82, 2.24) is 9.55 Å². The van der Waals surface area contributed by atoms with E-state index in [1.807, 2.05) is 0 Å². The third kappa shape index (κ3) is 2.72. The number of benzene rings is 1. The Balaban J connectivity index is 1.97. The summed E-state index contributed by atoms with van der Waals surface area (Å²) < 4.78 is 2.21. The maximum atomic E-state index is 6.07. The first-order chi connectivity index (χ1) is 9.44. The molecule has 108 valence electrons. The van der Waals surface area contributed by atoms with E-state index in [9.17, 15) is 0 Å². The number of thioether (sulfide) groups is 1. The van der Waals surface area contributed by atoms with Gasteiger partial charge in [0.05, 0.1) is 11.0 Å². The highest BCUT2D eigenvalue weighted by Crippen LogP contribution is 2.30. The van der Waals surface area contributed by atoms with Gasteiger partial charge in [-0.15, -0.1) is 0 Å². The summed E-state index contributed by atoms with van der Waals surface area (Å²) in [4.78, 5) is 4.79. The molecule has 0 unspecified atom stereocenters. The maximum absolute atomic E-state index is 6.07. The number of aromatic nitrogens is 2. The van der Waals surface area contributed by atoms with Crippen molar-refractivity contribution in [3.63, 3.8) is 0 Å². The minimum absolute atomic E-state index is 0.165. The van der Waals surface area contributed by atoms with E-state index in [-0.39, 0.29) is 5.54 Å². The number of nitrogens with zero attached hydrogens (tertiary/aromatic N) is 2. The van der Waals surface area contributed by atoms with Crippen LogP contribution in [0.4, 0.5) is 0 Å². The van der Waals surface area contributed by atoms with E-state index < -0.39 is 0 Å². The lowest BCUT2D eigenvalue weighted by Gasteiger charge is -2.17. The molecule has 3 nitrogen and oxygen atoms in total. The van der Waals surface area contributed by atoms with Gasteiger partial charge in [-0.3, -0.25) is 0 Å². The lowest BCUT2D eigenvalue weighted by molar-refractivity contribution is 0.590. The van der Waals surface area contributed by atoms with E-state index in [4.69, 9.17) is 10.7 Å². The van der Waals surface area contributed by atoms with Gasteiger partial charge >= 0.3 is 0 Å².